The average molecular weight is 325 g/mol. The number of hydrogen-bond acceptors (Lipinski definition) is 3. The number of para-hydroxylation sites is 1. The van der Waals surface area contributed by atoms with Gasteiger partial charge in [-0.3, -0.25) is 9.59 Å². The van der Waals surface area contributed by atoms with Crippen LogP contribution in [0.4, 0.5) is 4.39 Å². The SMILES string of the molecule is CC(C)CN(CCC(=O)O)C(=O)CCCOc1ccccc1F. The first-order valence-electron chi connectivity index (χ1n) is 7.77. The highest BCUT2D eigenvalue weighted by Crippen LogP contribution is 2.15. The molecule has 0 saturated heterocycles. The van der Waals surface area contributed by atoms with Gasteiger partial charge >= 0.3 is 5.97 Å². The van der Waals surface area contributed by atoms with Gasteiger partial charge in [-0.1, -0.05) is 26.0 Å². The van der Waals surface area contributed by atoms with Crippen LogP contribution in [0.15, 0.2) is 24.3 Å². The van der Waals surface area contributed by atoms with Crippen LogP contribution in [0.2, 0.25) is 0 Å². The Morgan fingerprint density at radius 1 is 1.26 bits per heavy atom. The Bertz CT molecular complexity index is 519. The van der Waals surface area contributed by atoms with Gasteiger partial charge in [0.2, 0.25) is 5.91 Å². The molecule has 23 heavy (non-hydrogen) atoms. The van der Waals surface area contributed by atoms with Gasteiger partial charge in [0.05, 0.1) is 13.0 Å². The van der Waals surface area contributed by atoms with Crippen LogP contribution in [0.3, 0.4) is 0 Å². The fourth-order valence-corrected chi connectivity index (χ4v) is 2.11. The van der Waals surface area contributed by atoms with Crippen LogP contribution < -0.4 is 4.74 Å². The van der Waals surface area contributed by atoms with Gasteiger partial charge in [-0.25, -0.2) is 4.39 Å². The fraction of sp³-hybridized carbons (Fsp3) is 0.529. The van der Waals surface area contributed by atoms with E-state index in [1.165, 1.54) is 12.1 Å². The summed E-state index contributed by atoms with van der Waals surface area (Å²) in [4.78, 5) is 24.4. The topological polar surface area (TPSA) is 66.8 Å². The van der Waals surface area contributed by atoms with Crippen molar-refractivity contribution in [3.63, 3.8) is 0 Å². The maximum atomic E-state index is 13.4. The summed E-state index contributed by atoms with van der Waals surface area (Å²) in [5.74, 6) is -1.01. The van der Waals surface area contributed by atoms with Crippen molar-refractivity contribution in [2.45, 2.75) is 33.1 Å². The fourth-order valence-electron chi connectivity index (χ4n) is 2.11. The lowest BCUT2D eigenvalue weighted by Crippen LogP contribution is -2.36. The molecule has 0 unspecified atom stereocenters. The molecular formula is C17H24FNO4. The van der Waals surface area contributed by atoms with E-state index in [-0.39, 0.29) is 43.6 Å². The van der Waals surface area contributed by atoms with Crippen molar-refractivity contribution in [3.05, 3.63) is 30.1 Å². The molecule has 0 heterocycles. The van der Waals surface area contributed by atoms with E-state index in [0.29, 0.717) is 13.0 Å². The quantitative estimate of drug-likeness (QED) is 0.672. The summed E-state index contributed by atoms with van der Waals surface area (Å²) in [5, 5.41) is 8.75. The van der Waals surface area contributed by atoms with Crippen LogP contribution in [-0.2, 0) is 9.59 Å². The number of benzene rings is 1. The summed E-state index contributed by atoms with van der Waals surface area (Å²) in [6.45, 7) is 4.92. The highest BCUT2D eigenvalue weighted by atomic mass is 19.1. The molecule has 0 spiro atoms. The van der Waals surface area contributed by atoms with E-state index in [4.69, 9.17) is 9.84 Å². The lowest BCUT2D eigenvalue weighted by molar-refractivity contribution is -0.138. The highest BCUT2D eigenvalue weighted by Gasteiger charge is 2.16. The van der Waals surface area contributed by atoms with Crippen LogP contribution in [0.1, 0.15) is 33.1 Å². The first-order valence-corrected chi connectivity index (χ1v) is 7.77. The molecule has 0 atom stereocenters. The van der Waals surface area contributed by atoms with Crippen molar-refractivity contribution in [1.29, 1.82) is 0 Å². The molecule has 5 nitrogen and oxygen atoms in total. The van der Waals surface area contributed by atoms with E-state index in [9.17, 15) is 14.0 Å². The number of ether oxygens (including phenoxy) is 1. The van der Waals surface area contributed by atoms with Gasteiger partial charge < -0.3 is 14.7 Å². The van der Waals surface area contributed by atoms with Crippen LogP contribution in [-0.4, -0.2) is 41.6 Å². The zero-order valence-electron chi connectivity index (χ0n) is 13.6. The maximum Gasteiger partial charge on any atom is 0.305 e. The van der Waals surface area contributed by atoms with Crippen molar-refractivity contribution < 1.29 is 23.8 Å². The van der Waals surface area contributed by atoms with Crippen molar-refractivity contribution in [3.8, 4) is 5.75 Å². The molecule has 0 fully saturated rings. The van der Waals surface area contributed by atoms with Crippen molar-refractivity contribution >= 4 is 11.9 Å². The zero-order valence-corrected chi connectivity index (χ0v) is 13.6. The normalized spacial score (nSPS) is 10.6. The minimum Gasteiger partial charge on any atom is -0.491 e. The number of carboxylic acid groups (broad SMARTS) is 1. The first kappa shape index (κ1) is 18.9. The molecule has 1 N–H and O–H groups in total. The molecule has 1 rings (SSSR count). The van der Waals surface area contributed by atoms with Crippen LogP contribution in [0.25, 0.3) is 0 Å². The molecule has 128 valence electrons. The van der Waals surface area contributed by atoms with Crippen LogP contribution >= 0.6 is 0 Å². The van der Waals surface area contributed by atoms with E-state index in [0.717, 1.165) is 0 Å². The molecule has 0 aliphatic carbocycles. The molecule has 1 aromatic carbocycles. The number of carboxylic acids is 1. The number of halogens is 1. The van der Waals surface area contributed by atoms with E-state index in [1.54, 1.807) is 17.0 Å². The number of carbonyl (C=O) groups is 2. The van der Waals surface area contributed by atoms with Gasteiger partial charge in [0.1, 0.15) is 0 Å². The molecule has 0 aliphatic heterocycles. The molecule has 6 heteroatoms. The van der Waals surface area contributed by atoms with Gasteiger partial charge in [-0.2, -0.15) is 0 Å². The van der Waals surface area contributed by atoms with E-state index in [2.05, 4.69) is 0 Å². The second-order valence-electron chi connectivity index (χ2n) is 5.76. The summed E-state index contributed by atoms with van der Waals surface area (Å²) < 4.78 is 18.7. The first-order chi connectivity index (χ1) is 10.9. The van der Waals surface area contributed by atoms with Gasteiger partial charge in [0, 0.05) is 19.5 Å². The molecular weight excluding hydrogens is 301 g/mol. The highest BCUT2D eigenvalue weighted by molar-refractivity contribution is 5.77. The molecule has 1 aromatic rings. The Kier molecular flexibility index (Phi) is 8.08. The minimum atomic E-state index is -0.922. The maximum absolute atomic E-state index is 13.4. The standard InChI is InChI=1S/C17H24FNO4/c1-13(2)12-19(10-9-17(21)22)16(20)8-5-11-23-15-7-4-3-6-14(15)18/h3-4,6-7,13H,5,8-12H2,1-2H3,(H,21,22). The van der Waals surface area contributed by atoms with Gasteiger partial charge in [0.25, 0.3) is 0 Å². The largest absolute Gasteiger partial charge is 0.491 e. The zero-order chi connectivity index (χ0) is 17.2. The Hall–Kier alpha value is -2.11. The Morgan fingerprint density at radius 2 is 1.96 bits per heavy atom. The van der Waals surface area contributed by atoms with Gasteiger partial charge in [-0.05, 0) is 24.5 Å². The van der Waals surface area contributed by atoms with Crippen LogP contribution in [0, 0.1) is 11.7 Å². The predicted molar refractivity (Wildman–Crippen MR) is 84.8 cm³/mol. The third kappa shape index (κ3) is 7.63. The van der Waals surface area contributed by atoms with Crippen molar-refractivity contribution in [2.75, 3.05) is 19.7 Å². The molecule has 1 amide bonds. The summed E-state index contributed by atoms with van der Waals surface area (Å²) in [7, 11) is 0. The lowest BCUT2D eigenvalue weighted by Gasteiger charge is -2.24. The third-order valence-electron chi connectivity index (χ3n) is 3.16. The number of carbonyl (C=O) groups excluding carboxylic acids is 1. The minimum absolute atomic E-state index is 0.0653. The van der Waals surface area contributed by atoms with E-state index >= 15 is 0 Å². The molecule has 0 aromatic heterocycles. The van der Waals surface area contributed by atoms with Crippen molar-refractivity contribution in [2.24, 2.45) is 5.92 Å². The second kappa shape index (κ2) is 9.82. The van der Waals surface area contributed by atoms with E-state index in [1.807, 2.05) is 13.8 Å². The smallest absolute Gasteiger partial charge is 0.305 e. The summed E-state index contributed by atoms with van der Waals surface area (Å²) in [6.07, 6.45) is 0.639. The Morgan fingerprint density at radius 3 is 2.57 bits per heavy atom. The number of hydrogen-bond donors (Lipinski definition) is 1. The van der Waals surface area contributed by atoms with Gasteiger partial charge in [0.15, 0.2) is 11.6 Å². The number of rotatable bonds is 10. The Balaban J connectivity index is 2.39. The summed E-state index contributed by atoms with van der Waals surface area (Å²) >= 11 is 0. The molecule has 0 radical (unpaired) electrons. The lowest BCUT2D eigenvalue weighted by atomic mass is 10.2. The van der Waals surface area contributed by atoms with Crippen molar-refractivity contribution in [1.82, 2.24) is 4.90 Å². The average Bonchev–Trinajstić information content (AvgIpc) is 2.48. The van der Waals surface area contributed by atoms with E-state index < -0.39 is 11.8 Å². The third-order valence-corrected chi connectivity index (χ3v) is 3.16. The number of aliphatic carboxylic acids is 1. The monoisotopic (exact) mass is 325 g/mol. The van der Waals surface area contributed by atoms with Gasteiger partial charge in [-0.15, -0.1) is 0 Å². The molecule has 0 aliphatic rings. The summed E-state index contributed by atoms with van der Waals surface area (Å²) in [6, 6.07) is 6.11. The van der Waals surface area contributed by atoms with Crippen LogP contribution in [0.5, 0.6) is 5.75 Å². The number of amides is 1. The summed E-state index contributed by atoms with van der Waals surface area (Å²) in [5.41, 5.74) is 0. The number of nitrogens with zero attached hydrogens (tertiary/aromatic N) is 1. The molecule has 0 bridgehead atoms. The predicted octanol–water partition coefficient (Wildman–Crippen LogP) is 2.94. The second-order valence-corrected chi connectivity index (χ2v) is 5.76. The Labute approximate surface area is 136 Å². The molecule has 0 saturated carbocycles.